The van der Waals surface area contributed by atoms with Gasteiger partial charge in [0.05, 0.1) is 0 Å². The van der Waals surface area contributed by atoms with E-state index in [1.165, 1.54) is 54.9 Å². The molecule has 0 aliphatic carbocycles. The lowest BCUT2D eigenvalue weighted by Crippen LogP contribution is -1.92. The fraction of sp³-hybridized carbons (Fsp3) is 0. The van der Waals surface area contributed by atoms with Crippen molar-refractivity contribution in [1.29, 1.82) is 0 Å². The van der Waals surface area contributed by atoms with E-state index in [1.54, 1.807) is 0 Å². The van der Waals surface area contributed by atoms with E-state index in [0.29, 0.717) is 0 Å². The highest BCUT2D eigenvalue weighted by molar-refractivity contribution is 6.26. The topological polar surface area (TPSA) is 13.1 Å². The van der Waals surface area contributed by atoms with E-state index in [1.807, 2.05) is 6.07 Å². The van der Waals surface area contributed by atoms with Crippen molar-refractivity contribution >= 4 is 43.5 Å². The number of hydrogen-bond donors (Lipinski definition) is 0. The summed E-state index contributed by atoms with van der Waals surface area (Å²) in [5.41, 5.74) is 9.20. The molecule has 7 aromatic carbocycles. The normalized spacial score (nSPS) is 11.6. The van der Waals surface area contributed by atoms with Gasteiger partial charge in [0.2, 0.25) is 0 Å². The molecule has 0 spiro atoms. The molecule has 1 heteroatoms. The third-order valence-corrected chi connectivity index (χ3v) is 7.87. The van der Waals surface area contributed by atoms with Crippen molar-refractivity contribution in [2.75, 3.05) is 0 Å². The van der Waals surface area contributed by atoms with Crippen molar-refractivity contribution in [2.45, 2.75) is 0 Å². The molecule has 8 rings (SSSR count). The summed E-state index contributed by atoms with van der Waals surface area (Å²) in [4.78, 5) is 0. The molecule has 0 bridgehead atoms. The average molecular weight is 497 g/mol. The van der Waals surface area contributed by atoms with Crippen LogP contribution in [0.3, 0.4) is 0 Å². The van der Waals surface area contributed by atoms with Gasteiger partial charge in [-0.15, -0.1) is 0 Å². The first kappa shape index (κ1) is 21.9. The fourth-order valence-corrected chi connectivity index (χ4v) is 6.18. The molecule has 182 valence electrons. The van der Waals surface area contributed by atoms with Gasteiger partial charge in [0.25, 0.3) is 0 Å². The summed E-state index contributed by atoms with van der Waals surface area (Å²) in [7, 11) is 0. The molecule has 1 nitrogen and oxygen atoms in total. The Balaban J connectivity index is 1.59. The number of fused-ring (bicyclic) bond motifs is 5. The smallest absolute Gasteiger partial charge is 0.136 e. The van der Waals surface area contributed by atoms with Gasteiger partial charge in [0.1, 0.15) is 11.2 Å². The summed E-state index contributed by atoms with van der Waals surface area (Å²) >= 11 is 0. The Bertz CT molecular complexity index is 2150. The minimum absolute atomic E-state index is 0.914. The van der Waals surface area contributed by atoms with Crippen LogP contribution in [0.1, 0.15) is 0 Å². The van der Waals surface area contributed by atoms with Gasteiger partial charge in [-0.1, -0.05) is 127 Å². The zero-order valence-corrected chi connectivity index (χ0v) is 21.3. The van der Waals surface area contributed by atoms with E-state index < -0.39 is 0 Å². The Kier molecular flexibility index (Phi) is 4.89. The van der Waals surface area contributed by atoms with Crippen molar-refractivity contribution in [3.05, 3.63) is 146 Å². The second-order valence-corrected chi connectivity index (χ2v) is 10.1. The quantitative estimate of drug-likeness (QED) is 0.222. The lowest BCUT2D eigenvalue weighted by molar-refractivity contribution is 0.669. The number of hydrogen-bond acceptors (Lipinski definition) is 1. The van der Waals surface area contributed by atoms with Gasteiger partial charge in [-0.3, -0.25) is 0 Å². The van der Waals surface area contributed by atoms with Gasteiger partial charge < -0.3 is 4.42 Å². The molecule has 0 atom stereocenters. The third kappa shape index (κ3) is 3.41. The van der Waals surface area contributed by atoms with Crippen molar-refractivity contribution in [1.82, 2.24) is 0 Å². The Morgan fingerprint density at radius 2 is 0.923 bits per heavy atom. The first-order valence-electron chi connectivity index (χ1n) is 13.4. The average Bonchev–Trinajstić information content (AvgIpc) is 3.39. The Morgan fingerprint density at radius 3 is 1.69 bits per heavy atom. The molecule has 0 aliphatic heterocycles. The van der Waals surface area contributed by atoms with Crippen LogP contribution in [0.2, 0.25) is 0 Å². The third-order valence-electron chi connectivity index (χ3n) is 7.87. The first-order valence-corrected chi connectivity index (χ1v) is 13.4. The minimum atomic E-state index is 0.914. The van der Waals surface area contributed by atoms with Crippen molar-refractivity contribution in [2.24, 2.45) is 0 Å². The van der Waals surface area contributed by atoms with Gasteiger partial charge in [0.15, 0.2) is 0 Å². The lowest BCUT2D eigenvalue weighted by Gasteiger charge is -2.19. The summed E-state index contributed by atoms with van der Waals surface area (Å²) in [6.45, 7) is 0. The number of benzene rings is 7. The molecule has 0 saturated heterocycles. The molecule has 0 amide bonds. The second kappa shape index (κ2) is 8.72. The van der Waals surface area contributed by atoms with Gasteiger partial charge in [0, 0.05) is 10.8 Å². The molecule has 0 fully saturated rings. The van der Waals surface area contributed by atoms with E-state index >= 15 is 0 Å². The standard InChI is InChI=1S/C38H24O/c1-3-12-25(13-4-1)27-22-23-30-33(24-27)37(29-17-8-7-16-28(29)36(30)26-14-5-2-6-15-26)32-19-11-21-35-38(32)31-18-9-10-20-34(31)39-35/h1-24H. The number of para-hydroxylation sites is 1. The van der Waals surface area contributed by atoms with Gasteiger partial charge >= 0.3 is 0 Å². The van der Waals surface area contributed by atoms with Gasteiger partial charge in [-0.25, -0.2) is 0 Å². The molecule has 0 saturated carbocycles. The second-order valence-electron chi connectivity index (χ2n) is 10.1. The predicted molar refractivity (Wildman–Crippen MR) is 165 cm³/mol. The fourth-order valence-electron chi connectivity index (χ4n) is 6.18. The van der Waals surface area contributed by atoms with Crippen LogP contribution in [0.25, 0.3) is 76.9 Å². The first-order chi connectivity index (χ1) is 19.4. The van der Waals surface area contributed by atoms with Gasteiger partial charge in [-0.05, 0) is 73.1 Å². The highest BCUT2D eigenvalue weighted by atomic mass is 16.3. The highest BCUT2D eigenvalue weighted by Crippen LogP contribution is 2.47. The molecule has 0 N–H and O–H groups in total. The molecule has 0 aliphatic rings. The summed E-state index contributed by atoms with van der Waals surface area (Å²) in [6.07, 6.45) is 0. The molecule has 39 heavy (non-hydrogen) atoms. The predicted octanol–water partition coefficient (Wildman–Crippen LogP) is 10.9. The van der Waals surface area contributed by atoms with Crippen molar-refractivity contribution in [3.63, 3.8) is 0 Å². The maximum atomic E-state index is 6.32. The van der Waals surface area contributed by atoms with Crippen LogP contribution in [0.15, 0.2) is 150 Å². The van der Waals surface area contributed by atoms with E-state index in [2.05, 4.69) is 140 Å². The van der Waals surface area contributed by atoms with Crippen LogP contribution in [-0.4, -0.2) is 0 Å². The van der Waals surface area contributed by atoms with Crippen LogP contribution in [0.5, 0.6) is 0 Å². The van der Waals surface area contributed by atoms with Gasteiger partial charge in [-0.2, -0.15) is 0 Å². The zero-order valence-electron chi connectivity index (χ0n) is 21.3. The molecule has 0 unspecified atom stereocenters. The van der Waals surface area contributed by atoms with E-state index in [9.17, 15) is 0 Å². The lowest BCUT2D eigenvalue weighted by atomic mass is 9.84. The summed E-state index contributed by atoms with van der Waals surface area (Å²) < 4.78 is 6.32. The van der Waals surface area contributed by atoms with Crippen LogP contribution in [0, 0.1) is 0 Å². The Morgan fingerprint density at radius 1 is 0.333 bits per heavy atom. The minimum Gasteiger partial charge on any atom is -0.456 e. The Labute approximate surface area is 226 Å². The molecule has 1 aromatic heterocycles. The zero-order chi connectivity index (χ0) is 25.8. The summed E-state index contributed by atoms with van der Waals surface area (Å²) in [5, 5.41) is 7.30. The van der Waals surface area contributed by atoms with Crippen LogP contribution in [-0.2, 0) is 0 Å². The van der Waals surface area contributed by atoms with Crippen LogP contribution < -0.4 is 0 Å². The maximum Gasteiger partial charge on any atom is 0.136 e. The largest absolute Gasteiger partial charge is 0.456 e. The number of rotatable bonds is 3. The monoisotopic (exact) mass is 496 g/mol. The van der Waals surface area contributed by atoms with Crippen molar-refractivity contribution in [3.8, 4) is 33.4 Å². The molecule has 0 radical (unpaired) electrons. The van der Waals surface area contributed by atoms with Crippen molar-refractivity contribution < 1.29 is 4.42 Å². The SMILES string of the molecule is c1ccc(-c2ccc3c(-c4ccccc4)c4ccccc4c(-c4cccc5oc6ccccc6c45)c3c2)cc1. The van der Waals surface area contributed by atoms with Crippen LogP contribution in [0.4, 0.5) is 0 Å². The molecule has 1 heterocycles. The molecule has 8 aromatic rings. The van der Waals surface area contributed by atoms with Crippen LogP contribution >= 0.6 is 0 Å². The molecular formula is C38H24O. The highest BCUT2D eigenvalue weighted by Gasteiger charge is 2.20. The summed E-state index contributed by atoms with van der Waals surface area (Å²) in [5.74, 6) is 0. The summed E-state index contributed by atoms with van der Waals surface area (Å²) in [6, 6.07) is 52.0. The molecular weight excluding hydrogens is 472 g/mol. The Hall–Kier alpha value is -5.14. The van der Waals surface area contributed by atoms with E-state index in [4.69, 9.17) is 4.42 Å². The van der Waals surface area contributed by atoms with E-state index in [-0.39, 0.29) is 0 Å². The van der Waals surface area contributed by atoms with E-state index in [0.717, 1.165) is 21.9 Å². The number of furan rings is 1. The maximum absolute atomic E-state index is 6.32.